The Morgan fingerprint density at radius 1 is 1.09 bits per heavy atom. The molecular formula is C25H30N2O6. The second-order valence-electron chi connectivity index (χ2n) is 9.36. The van der Waals surface area contributed by atoms with Crippen LogP contribution in [0.15, 0.2) is 42.5 Å². The Hall–Kier alpha value is -2.68. The van der Waals surface area contributed by atoms with Crippen molar-refractivity contribution in [3.8, 4) is 11.5 Å². The Balaban J connectivity index is 1.40. The standard InChI is InChI=1S/C25H30N2O6/c1-26-12-11-24(18-7-8-20(30-2)21(14-18)31-3)9-10-25(15-23(24)26)32-16-22(33-25)17-5-4-6-19(13-17)27(28)29/h4-8,13-14,22-23H,9-12,15-16H2,1-3H3. The van der Waals surface area contributed by atoms with Crippen LogP contribution in [-0.2, 0) is 14.9 Å². The maximum Gasteiger partial charge on any atom is 0.269 e. The number of ether oxygens (including phenoxy) is 4. The van der Waals surface area contributed by atoms with Crippen LogP contribution >= 0.6 is 0 Å². The van der Waals surface area contributed by atoms with Crippen LogP contribution in [0.5, 0.6) is 11.5 Å². The number of hydrogen-bond donors (Lipinski definition) is 0. The number of methoxy groups -OCH3 is 2. The van der Waals surface area contributed by atoms with E-state index in [4.69, 9.17) is 18.9 Å². The molecule has 8 nitrogen and oxygen atoms in total. The van der Waals surface area contributed by atoms with E-state index in [9.17, 15) is 10.1 Å². The summed E-state index contributed by atoms with van der Waals surface area (Å²) in [6.07, 6.45) is 3.22. The van der Waals surface area contributed by atoms with Crippen molar-refractivity contribution in [3.63, 3.8) is 0 Å². The van der Waals surface area contributed by atoms with Gasteiger partial charge >= 0.3 is 0 Å². The molecule has 1 spiro atoms. The van der Waals surface area contributed by atoms with Gasteiger partial charge in [0.05, 0.1) is 25.7 Å². The van der Waals surface area contributed by atoms with Crippen molar-refractivity contribution in [1.82, 2.24) is 4.90 Å². The van der Waals surface area contributed by atoms with Crippen LogP contribution in [0.3, 0.4) is 0 Å². The van der Waals surface area contributed by atoms with Crippen molar-refractivity contribution in [2.75, 3.05) is 34.4 Å². The molecule has 0 aromatic heterocycles. The van der Waals surface area contributed by atoms with E-state index in [0.29, 0.717) is 6.61 Å². The second kappa shape index (κ2) is 8.27. The summed E-state index contributed by atoms with van der Waals surface area (Å²) in [7, 11) is 5.49. The van der Waals surface area contributed by atoms with Gasteiger partial charge in [-0.2, -0.15) is 0 Å². The molecule has 0 amide bonds. The largest absolute Gasteiger partial charge is 0.493 e. The molecule has 5 rings (SSSR count). The minimum absolute atomic E-state index is 0.00408. The Bertz CT molecular complexity index is 1060. The predicted molar refractivity (Wildman–Crippen MR) is 122 cm³/mol. The van der Waals surface area contributed by atoms with Crippen LogP contribution in [-0.4, -0.2) is 56.1 Å². The fraction of sp³-hybridized carbons (Fsp3) is 0.520. The summed E-state index contributed by atoms with van der Waals surface area (Å²) in [5, 5.41) is 11.2. The number of nitro groups is 1. The van der Waals surface area contributed by atoms with Gasteiger partial charge in [0.1, 0.15) is 6.10 Å². The first-order valence-corrected chi connectivity index (χ1v) is 11.4. The molecule has 0 bridgehead atoms. The smallest absolute Gasteiger partial charge is 0.269 e. The lowest BCUT2D eigenvalue weighted by molar-refractivity contribution is -0.385. The average Bonchev–Trinajstić information content (AvgIpc) is 3.41. The molecule has 3 fully saturated rings. The summed E-state index contributed by atoms with van der Waals surface area (Å²) in [6.45, 7) is 1.41. The maximum atomic E-state index is 11.2. The zero-order chi connectivity index (χ0) is 23.2. The zero-order valence-corrected chi connectivity index (χ0v) is 19.3. The highest BCUT2D eigenvalue weighted by Gasteiger charge is 2.57. The van der Waals surface area contributed by atoms with E-state index in [1.54, 1.807) is 26.4 Å². The first-order chi connectivity index (χ1) is 15.9. The van der Waals surface area contributed by atoms with Gasteiger partial charge in [-0.05, 0) is 49.7 Å². The molecule has 0 radical (unpaired) electrons. The molecule has 2 aliphatic heterocycles. The quantitative estimate of drug-likeness (QED) is 0.494. The fourth-order valence-electron chi connectivity index (χ4n) is 6.00. The van der Waals surface area contributed by atoms with Crippen molar-refractivity contribution >= 4 is 5.69 Å². The highest BCUT2D eigenvalue weighted by Crippen LogP contribution is 2.55. The molecule has 2 heterocycles. The number of fused-ring (bicyclic) bond motifs is 1. The second-order valence-corrected chi connectivity index (χ2v) is 9.36. The lowest BCUT2D eigenvalue weighted by Crippen LogP contribution is -2.52. The lowest BCUT2D eigenvalue weighted by Gasteiger charge is -2.48. The number of nitro benzene ring substituents is 1. The van der Waals surface area contributed by atoms with Gasteiger partial charge in [0.15, 0.2) is 17.3 Å². The average molecular weight is 455 g/mol. The van der Waals surface area contributed by atoms with E-state index in [1.807, 2.05) is 12.1 Å². The minimum atomic E-state index is -0.668. The number of hydrogen-bond acceptors (Lipinski definition) is 7. The van der Waals surface area contributed by atoms with Crippen LogP contribution in [0, 0.1) is 10.1 Å². The van der Waals surface area contributed by atoms with Crippen molar-refractivity contribution in [2.24, 2.45) is 0 Å². The number of likely N-dealkylation sites (tertiary alicyclic amines) is 1. The SMILES string of the molecule is COc1ccc(C23CCN(C)C2CC2(CC3)OCC(c3cccc([N+](=O)[O-])c3)O2)cc1OC. The summed E-state index contributed by atoms with van der Waals surface area (Å²) < 4.78 is 23.8. The van der Waals surface area contributed by atoms with Crippen molar-refractivity contribution in [3.05, 3.63) is 63.7 Å². The number of benzene rings is 2. The van der Waals surface area contributed by atoms with Crippen LogP contribution in [0.4, 0.5) is 5.69 Å². The molecule has 176 valence electrons. The van der Waals surface area contributed by atoms with Crippen LogP contribution in [0.1, 0.15) is 42.9 Å². The maximum absolute atomic E-state index is 11.2. The van der Waals surface area contributed by atoms with Crippen LogP contribution in [0.25, 0.3) is 0 Å². The lowest BCUT2D eigenvalue weighted by atomic mass is 9.64. The van der Waals surface area contributed by atoms with E-state index >= 15 is 0 Å². The Morgan fingerprint density at radius 2 is 1.91 bits per heavy atom. The summed E-state index contributed by atoms with van der Waals surface area (Å²) in [6, 6.07) is 13.2. The first-order valence-electron chi connectivity index (χ1n) is 11.4. The van der Waals surface area contributed by atoms with E-state index < -0.39 is 5.79 Å². The highest BCUT2D eigenvalue weighted by molar-refractivity contribution is 5.46. The molecule has 33 heavy (non-hydrogen) atoms. The van der Waals surface area contributed by atoms with Crippen molar-refractivity contribution < 1.29 is 23.9 Å². The minimum Gasteiger partial charge on any atom is -0.493 e. The highest BCUT2D eigenvalue weighted by atomic mass is 16.7. The normalized spacial score (nSPS) is 31.5. The molecule has 2 saturated heterocycles. The molecule has 2 aromatic carbocycles. The van der Waals surface area contributed by atoms with Gasteiger partial charge in [-0.15, -0.1) is 0 Å². The predicted octanol–water partition coefficient (Wildman–Crippen LogP) is 4.22. The van der Waals surface area contributed by atoms with Crippen molar-refractivity contribution in [2.45, 2.75) is 49.0 Å². The molecular weight excluding hydrogens is 424 g/mol. The van der Waals surface area contributed by atoms with Gasteiger partial charge in [-0.1, -0.05) is 18.2 Å². The third-order valence-electron chi connectivity index (χ3n) is 7.80. The van der Waals surface area contributed by atoms with Gasteiger partial charge in [0.25, 0.3) is 5.69 Å². The first kappa shape index (κ1) is 22.1. The molecule has 8 heteroatoms. The third kappa shape index (κ3) is 3.66. The number of rotatable bonds is 5. The summed E-state index contributed by atoms with van der Waals surface area (Å²) in [4.78, 5) is 13.2. The molecule has 4 unspecified atom stereocenters. The Morgan fingerprint density at radius 3 is 2.67 bits per heavy atom. The molecule has 1 saturated carbocycles. The van der Waals surface area contributed by atoms with Crippen molar-refractivity contribution in [1.29, 1.82) is 0 Å². The number of nitrogens with zero attached hydrogens (tertiary/aromatic N) is 2. The summed E-state index contributed by atoms with van der Waals surface area (Å²) in [5.41, 5.74) is 2.12. The van der Waals surface area contributed by atoms with E-state index in [-0.39, 0.29) is 28.2 Å². The summed E-state index contributed by atoms with van der Waals surface area (Å²) in [5.74, 6) is 0.811. The Kier molecular flexibility index (Phi) is 5.55. The fourth-order valence-corrected chi connectivity index (χ4v) is 6.00. The van der Waals surface area contributed by atoms with Crippen LogP contribution in [0.2, 0.25) is 0 Å². The van der Waals surface area contributed by atoms with E-state index in [2.05, 4.69) is 24.1 Å². The number of likely N-dealkylation sites (N-methyl/N-ethyl adjacent to an activating group) is 1. The van der Waals surface area contributed by atoms with Gasteiger partial charge < -0.3 is 23.8 Å². The number of non-ortho nitro benzene ring substituents is 1. The van der Waals surface area contributed by atoms with Gasteiger partial charge in [-0.3, -0.25) is 10.1 Å². The Labute approximate surface area is 193 Å². The molecule has 0 N–H and O–H groups in total. The van der Waals surface area contributed by atoms with E-state index in [1.165, 1.54) is 11.6 Å². The monoisotopic (exact) mass is 454 g/mol. The molecule has 2 aromatic rings. The zero-order valence-electron chi connectivity index (χ0n) is 19.3. The molecule has 1 aliphatic carbocycles. The summed E-state index contributed by atoms with van der Waals surface area (Å²) >= 11 is 0. The van der Waals surface area contributed by atoms with Gasteiger partial charge in [-0.25, -0.2) is 0 Å². The van der Waals surface area contributed by atoms with Gasteiger partial charge in [0.2, 0.25) is 0 Å². The van der Waals surface area contributed by atoms with E-state index in [0.717, 1.165) is 49.3 Å². The third-order valence-corrected chi connectivity index (χ3v) is 7.80. The molecule has 4 atom stereocenters. The topological polar surface area (TPSA) is 83.3 Å². The molecule has 3 aliphatic rings. The van der Waals surface area contributed by atoms with Crippen LogP contribution < -0.4 is 9.47 Å². The van der Waals surface area contributed by atoms with Gasteiger partial charge in [0, 0.05) is 36.4 Å².